The summed E-state index contributed by atoms with van der Waals surface area (Å²) in [6.07, 6.45) is 2.43. The highest BCUT2D eigenvalue weighted by molar-refractivity contribution is 8.00. The third-order valence-corrected chi connectivity index (χ3v) is 5.80. The number of nitrogens with zero attached hydrogens (tertiary/aromatic N) is 1. The predicted octanol–water partition coefficient (Wildman–Crippen LogP) is 2.59. The monoisotopic (exact) mass is 314 g/mol. The number of sulfonamides is 1. The van der Waals surface area contributed by atoms with Crippen molar-refractivity contribution >= 4 is 27.5 Å². The van der Waals surface area contributed by atoms with Crippen LogP contribution in [0.1, 0.15) is 13.3 Å². The van der Waals surface area contributed by atoms with Gasteiger partial charge in [-0.1, -0.05) is 13.0 Å². The summed E-state index contributed by atoms with van der Waals surface area (Å²) in [6.45, 7) is 6.50. The van der Waals surface area contributed by atoms with Crippen molar-refractivity contribution < 1.29 is 8.42 Å². The molecular weight excluding hydrogens is 292 g/mol. The van der Waals surface area contributed by atoms with Crippen molar-refractivity contribution in [2.75, 3.05) is 30.3 Å². The van der Waals surface area contributed by atoms with Crippen LogP contribution in [0.15, 0.2) is 41.8 Å². The lowest BCUT2D eigenvalue weighted by Crippen LogP contribution is -2.34. The maximum Gasteiger partial charge on any atom is 0.215 e. The second-order valence-electron chi connectivity index (χ2n) is 4.38. The quantitative estimate of drug-likeness (QED) is 0.432. The largest absolute Gasteiger partial charge is 0.399 e. The molecule has 0 aliphatic rings. The lowest BCUT2D eigenvalue weighted by atomic mass is 10.3. The van der Waals surface area contributed by atoms with E-state index in [9.17, 15) is 8.42 Å². The first-order chi connectivity index (χ1) is 9.49. The van der Waals surface area contributed by atoms with Gasteiger partial charge in [0.2, 0.25) is 10.0 Å². The SMILES string of the molecule is C=CCN(CCC)S(=O)(=O)CCSc1ccc(N)cc1. The molecule has 2 N–H and O–H groups in total. The lowest BCUT2D eigenvalue weighted by molar-refractivity contribution is 0.442. The van der Waals surface area contributed by atoms with Crippen molar-refractivity contribution in [2.45, 2.75) is 18.2 Å². The maximum atomic E-state index is 12.2. The fraction of sp³-hybridized carbons (Fsp3) is 0.429. The van der Waals surface area contributed by atoms with Crippen LogP contribution in [0.3, 0.4) is 0 Å². The van der Waals surface area contributed by atoms with Crippen molar-refractivity contribution in [1.29, 1.82) is 0 Å². The Morgan fingerprint density at radius 1 is 1.35 bits per heavy atom. The van der Waals surface area contributed by atoms with Gasteiger partial charge in [0.15, 0.2) is 0 Å². The molecule has 4 nitrogen and oxygen atoms in total. The van der Waals surface area contributed by atoms with Crippen LogP contribution in [0.5, 0.6) is 0 Å². The van der Waals surface area contributed by atoms with Gasteiger partial charge in [0, 0.05) is 29.4 Å². The first-order valence-corrected chi connectivity index (χ1v) is 9.16. The van der Waals surface area contributed by atoms with Gasteiger partial charge in [0.1, 0.15) is 0 Å². The summed E-state index contributed by atoms with van der Waals surface area (Å²) in [5.41, 5.74) is 6.32. The Morgan fingerprint density at radius 2 is 2.00 bits per heavy atom. The number of hydrogen-bond donors (Lipinski definition) is 1. The maximum absolute atomic E-state index is 12.2. The summed E-state index contributed by atoms with van der Waals surface area (Å²) in [5, 5.41) is 0. The topological polar surface area (TPSA) is 63.4 Å². The summed E-state index contributed by atoms with van der Waals surface area (Å²) >= 11 is 1.52. The molecule has 1 aromatic rings. The third kappa shape index (κ3) is 5.56. The Balaban J connectivity index is 2.53. The molecule has 112 valence electrons. The Kier molecular flexibility index (Phi) is 7.12. The molecule has 20 heavy (non-hydrogen) atoms. The molecule has 0 atom stereocenters. The zero-order valence-corrected chi connectivity index (χ0v) is 13.4. The molecule has 1 aromatic carbocycles. The second-order valence-corrected chi connectivity index (χ2v) is 7.64. The highest BCUT2D eigenvalue weighted by atomic mass is 32.2. The highest BCUT2D eigenvalue weighted by Crippen LogP contribution is 2.20. The van der Waals surface area contributed by atoms with Crippen LogP contribution in [-0.2, 0) is 10.0 Å². The Morgan fingerprint density at radius 3 is 2.55 bits per heavy atom. The van der Waals surface area contributed by atoms with Crippen molar-refractivity contribution in [1.82, 2.24) is 4.31 Å². The summed E-state index contributed by atoms with van der Waals surface area (Å²) < 4.78 is 25.9. The molecule has 0 aromatic heterocycles. The minimum Gasteiger partial charge on any atom is -0.399 e. The van der Waals surface area contributed by atoms with E-state index >= 15 is 0 Å². The third-order valence-electron chi connectivity index (χ3n) is 2.69. The molecule has 0 radical (unpaired) electrons. The fourth-order valence-corrected chi connectivity index (χ4v) is 4.49. The summed E-state index contributed by atoms with van der Waals surface area (Å²) in [5.74, 6) is 0.666. The van der Waals surface area contributed by atoms with Crippen molar-refractivity contribution in [3.63, 3.8) is 0 Å². The molecule has 0 amide bonds. The highest BCUT2D eigenvalue weighted by Gasteiger charge is 2.19. The number of nitrogen functional groups attached to an aromatic ring is 1. The number of thioether (sulfide) groups is 1. The molecule has 0 fully saturated rings. The molecule has 0 saturated carbocycles. The predicted molar refractivity (Wildman–Crippen MR) is 87.4 cm³/mol. The molecule has 0 unspecified atom stereocenters. The second kappa shape index (κ2) is 8.34. The number of anilines is 1. The Bertz CT molecular complexity index is 512. The van der Waals surface area contributed by atoms with Gasteiger partial charge in [-0.2, -0.15) is 4.31 Å². The Labute approximate surface area is 126 Å². The smallest absolute Gasteiger partial charge is 0.215 e. The number of nitrogens with two attached hydrogens (primary N) is 1. The molecule has 0 heterocycles. The van der Waals surface area contributed by atoms with Crippen molar-refractivity contribution in [3.05, 3.63) is 36.9 Å². The van der Waals surface area contributed by atoms with Gasteiger partial charge in [0.05, 0.1) is 5.75 Å². The summed E-state index contributed by atoms with van der Waals surface area (Å²) in [6, 6.07) is 7.44. The molecule has 1 rings (SSSR count). The van der Waals surface area contributed by atoms with Gasteiger partial charge < -0.3 is 5.73 Å². The van der Waals surface area contributed by atoms with Crippen molar-refractivity contribution in [3.8, 4) is 0 Å². The van der Waals surface area contributed by atoms with E-state index in [2.05, 4.69) is 6.58 Å². The van der Waals surface area contributed by atoms with Gasteiger partial charge >= 0.3 is 0 Å². The average Bonchev–Trinajstić information content (AvgIpc) is 2.41. The fourth-order valence-electron chi connectivity index (χ4n) is 1.70. The van der Waals surface area contributed by atoms with E-state index < -0.39 is 10.0 Å². The zero-order valence-electron chi connectivity index (χ0n) is 11.8. The summed E-state index contributed by atoms with van der Waals surface area (Å²) in [7, 11) is -3.21. The first-order valence-electron chi connectivity index (χ1n) is 6.56. The molecule has 0 spiro atoms. The van der Waals surface area contributed by atoms with E-state index in [4.69, 9.17) is 5.73 Å². The van der Waals surface area contributed by atoms with E-state index in [0.717, 1.165) is 11.3 Å². The summed E-state index contributed by atoms with van der Waals surface area (Å²) in [4.78, 5) is 1.03. The van der Waals surface area contributed by atoms with Gasteiger partial charge in [-0.15, -0.1) is 18.3 Å². The molecular formula is C14H22N2O2S2. The minimum absolute atomic E-state index is 0.135. The first kappa shape index (κ1) is 17.1. The van der Waals surface area contributed by atoms with Gasteiger partial charge in [-0.25, -0.2) is 8.42 Å². The normalized spacial score (nSPS) is 11.7. The van der Waals surface area contributed by atoms with E-state index in [0.29, 0.717) is 24.5 Å². The molecule has 0 aliphatic heterocycles. The van der Waals surface area contributed by atoms with Gasteiger partial charge in [-0.05, 0) is 30.7 Å². The van der Waals surface area contributed by atoms with Gasteiger partial charge in [0.25, 0.3) is 0 Å². The minimum atomic E-state index is -3.21. The van der Waals surface area contributed by atoms with E-state index in [-0.39, 0.29) is 5.75 Å². The standard InChI is InChI=1S/C14H22N2O2S2/c1-3-9-16(10-4-2)20(17,18)12-11-19-14-7-5-13(15)6-8-14/h3,5-8H,1,4,9-12,15H2,2H3. The zero-order chi connectivity index (χ0) is 15.0. The number of hydrogen-bond acceptors (Lipinski definition) is 4. The molecule has 0 bridgehead atoms. The van der Waals surface area contributed by atoms with Crippen LogP contribution in [0.4, 0.5) is 5.69 Å². The van der Waals surface area contributed by atoms with Crippen LogP contribution in [0.25, 0.3) is 0 Å². The molecule has 6 heteroatoms. The lowest BCUT2D eigenvalue weighted by Gasteiger charge is -2.19. The van der Waals surface area contributed by atoms with E-state index in [1.165, 1.54) is 16.1 Å². The van der Waals surface area contributed by atoms with Crippen LogP contribution >= 0.6 is 11.8 Å². The van der Waals surface area contributed by atoms with Crippen LogP contribution in [-0.4, -0.2) is 37.3 Å². The van der Waals surface area contributed by atoms with E-state index in [1.54, 1.807) is 6.08 Å². The number of benzene rings is 1. The van der Waals surface area contributed by atoms with Gasteiger partial charge in [-0.3, -0.25) is 0 Å². The number of rotatable bonds is 9. The molecule has 0 aliphatic carbocycles. The van der Waals surface area contributed by atoms with Crippen LogP contribution in [0, 0.1) is 0 Å². The van der Waals surface area contributed by atoms with E-state index in [1.807, 2.05) is 31.2 Å². The van der Waals surface area contributed by atoms with Crippen LogP contribution < -0.4 is 5.73 Å². The van der Waals surface area contributed by atoms with Crippen LogP contribution in [0.2, 0.25) is 0 Å². The Hall–Kier alpha value is -0.980. The average molecular weight is 314 g/mol. The molecule has 0 saturated heterocycles. The van der Waals surface area contributed by atoms with Crippen molar-refractivity contribution in [2.24, 2.45) is 0 Å².